The highest BCUT2D eigenvalue weighted by Crippen LogP contribution is 2.22. The van der Waals surface area contributed by atoms with Gasteiger partial charge in [0.2, 0.25) is 6.10 Å². The first kappa shape index (κ1) is 19.7. The molecule has 0 bridgehead atoms. The van der Waals surface area contributed by atoms with Crippen LogP contribution in [-0.4, -0.2) is 18.5 Å². The summed E-state index contributed by atoms with van der Waals surface area (Å²) in [5.74, 6) is -1.04. The smallest absolute Gasteiger partial charge is 0.352 e. The van der Waals surface area contributed by atoms with Gasteiger partial charge in [0.15, 0.2) is 0 Å². The molecule has 0 aliphatic heterocycles. The van der Waals surface area contributed by atoms with Gasteiger partial charge in [-0.1, -0.05) is 75.2 Å². The molecule has 4 heteroatoms. The van der Waals surface area contributed by atoms with Crippen molar-refractivity contribution in [2.45, 2.75) is 45.6 Å². The van der Waals surface area contributed by atoms with E-state index >= 15 is 0 Å². The molecule has 0 saturated heterocycles. The second-order valence-corrected chi connectivity index (χ2v) is 6.12. The third kappa shape index (κ3) is 5.45. The highest BCUT2D eigenvalue weighted by molar-refractivity contribution is 5.93. The molecule has 2 aromatic carbocycles. The third-order valence-electron chi connectivity index (χ3n) is 4.04. The van der Waals surface area contributed by atoms with Crippen molar-refractivity contribution in [2.75, 3.05) is 6.61 Å². The number of carbonyl (C=O) groups is 2. The predicted octanol–water partition coefficient (Wildman–Crippen LogP) is 4.88. The van der Waals surface area contributed by atoms with Crippen molar-refractivity contribution in [1.29, 1.82) is 0 Å². The fourth-order valence-corrected chi connectivity index (χ4v) is 2.65. The molecule has 0 aliphatic rings. The lowest BCUT2D eigenvalue weighted by Gasteiger charge is -2.18. The molecule has 26 heavy (non-hydrogen) atoms. The van der Waals surface area contributed by atoms with Crippen LogP contribution in [0.1, 0.15) is 60.7 Å². The maximum Gasteiger partial charge on any atom is 0.352 e. The lowest BCUT2D eigenvalue weighted by atomic mass is 10.0. The Labute approximate surface area is 155 Å². The van der Waals surface area contributed by atoms with Crippen LogP contribution in [0.4, 0.5) is 0 Å². The van der Waals surface area contributed by atoms with Crippen LogP contribution in [0.5, 0.6) is 0 Å². The van der Waals surface area contributed by atoms with Gasteiger partial charge in [-0.25, -0.2) is 9.59 Å². The fraction of sp³-hybridized carbons (Fsp3) is 0.364. The van der Waals surface area contributed by atoms with Crippen LogP contribution in [0, 0.1) is 0 Å². The Morgan fingerprint density at radius 2 is 1.62 bits per heavy atom. The molecule has 1 unspecified atom stereocenters. The van der Waals surface area contributed by atoms with Crippen molar-refractivity contribution in [3.63, 3.8) is 0 Å². The lowest BCUT2D eigenvalue weighted by Crippen LogP contribution is -2.23. The fourth-order valence-electron chi connectivity index (χ4n) is 2.65. The summed E-state index contributed by atoms with van der Waals surface area (Å²) in [7, 11) is 0. The van der Waals surface area contributed by atoms with E-state index < -0.39 is 18.0 Å². The first-order chi connectivity index (χ1) is 12.7. The molecule has 0 radical (unpaired) electrons. The van der Waals surface area contributed by atoms with Crippen molar-refractivity contribution in [1.82, 2.24) is 0 Å². The molecule has 0 N–H and O–H groups in total. The standard InChI is InChI=1S/C22H26O4/c1-3-5-16-25-22(24)20(18-13-7-6-8-14-18)26-21(23)19-15-10-9-12-17(19)11-4-2/h6-10,12-15,20H,3-5,11,16H2,1-2H3. The molecule has 4 nitrogen and oxygen atoms in total. The number of hydrogen-bond acceptors (Lipinski definition) is 4. The Kier molecular flexibility index (Phi) is 7.87. The third-order valence-corrected chi connectivity index (χ3v) is 4.04. The zero-order valence-corrected chi connectivity index (χ0v) is 15.4. The second kappa shape index (κ2) is 10.4. The van der Waals surface area contributed by atoms with E-state index in [4.69, 9.17) is 9.47 Å². The molecule has 0 aromatic heterocycles. The molecule has 2 aromatic rings. The minimum absolute atomic E-state index is 0.322. The van der Waals surface area contributed by atoms with Crippen molar-refractivity contribution < 1.29 is 19.1 Å². The Bertz CT molecular complexity index is 709. The van der Waals surface area contributed by atoms with Crippen LogP contribution in [-0.2, 0) is 20.7 Å². The zero-order chi connectivity index (χ0) is 18.8. The van der Waals surface area contributed by atoms with E-state index in [1.165, 1.54) is 0 Å². The summed E-state index contributed by atoms with van der Waals surface area (Å²) in [5.41, 5.74) is 2.03. The second-order valence-electron chi connectivity index (χ2n) is 6.12. The minimum atomic E-state index is -1.06. The largest absolute Gasteiger partial charge is 0.463 e. The van der Waals surface area contributed by atoms with E-state index in [1.54, 1.807) is 36.4 Å². The molecule has 2 rings (SSSR count). The van der Waals surface area contributed by atoms with Gasteiger partial charge in [-0.15, -0.1) is 0 Å². The highest BCUT2D eigenvalue weighted by Gasteiger charge is 2.27. The SMILES string of the molecule is CCCCOC(=O)C(OC(=O)c1ccccc1CCC)c1ccccc1. The van der Waals surface area contributed by atoms with Gasteiger partial charge in [0.05, 0.1) is 12.2 Å². The predicted molar refractivity (Wildman–Crippen MR) is 101 cm³/mol. The van der Waals surface area contributed by atoms with Crippen LogP contribution in [0.2, 0.25) is 0 Å². The van der Waals surface area contributed by atoms with E-state index in [2.05, 4.69) is 6.92 Å². The Balaban J connectivity index is 2.21. The summed E-state index contributed by atoms with van der Waals surface area (Å²) in [6.07, 6.45) is 2.34. The van der Waals surface area contributed by atoms with Gasteiger partial charge in [-0.2, -0.15) is 0 Å². The normalized spacial score (nSPS) is 11.6. The number of hydrogen-bond donors (Lipinski definition) is 0. The Hall–Kier alpha value is -2.62. The number of benzene rings is 2. The molecular weight excluding hydrogens is 328 g/mol. The van der Waals surface area contributed by atoms with Crippen LogP contribution < -0.4 is 0 Å². The van der Waals surface area contributed by atoms with Crippen LogP contribution in [0.3, 0.4) is 0 Å². The van der Waals surface area contributed by atoms with Gasteiger partial charge in [-0.3, -0.25) is 0 Å². The maximum atomic E-state index is 12.7. The number of esters is 2. The Morgan fingerprint density at radius 3 is 2.31 bits per heavy atom. The summed E-state index contributed by atoms with van der Waals surface area (Å²) in [5, 5.41) is 0. The van der Waals surface area contributed by atoms with E-state index in [1.807, 2.05) is 25.1 Å². The monoisotopic (exact) mass is 354 g/mol. The quantitative estimate of drug-likeness (QED) is 0.476. The van der Waals surface area contributed by atoms with Gasteiger partial charge in [0.1, 0.15) is 0 Å². The van der Waals surface area contributed by atoms with Crippen molar-refractivity contribution in [2.24, 2.45) is 0 Å². The summed E-state index contributed by atoms with van der Waals surface area (Å²) in [6.45, 7) is 4.40. The molecule has 0 spiro atoms. The highest BCUT2D eigenvalue weighted by atomic mass is 16.6. The summed E-state index contributed by atoms with van der Waals surface area (Å²) < 4.78 is 10.9. The molecule has 1 atom stereocenters. The van der Waals surface area contributed by atoms with Crippen LogP contribution in [0.25, 0.3) is 0 Å². The summed E-state index contributed by atoms with van der Waals surface area (Å²) in [4.78, 5) is 25.2. The van der Waals surface area contributed by atoms with Gasteiger partial charge < -0.3 is 9.47 Å². The first-order valence-electron chi connectivity index (χ1n) is 9.17. The van der Waals surface area contributed by atoms with Crippen molar-refractivity contribution in [3.05, 3.63) is 71.3 Å². The first-order valence-corrected chi connectivity index (χ1v) is 9.17. The molecule has 0 fully saturated rings. The lowest BCUT2D eigenvalue weighted by molar-refractivity contribution is -0.154. The van der Waals surface area contributed by atoms with Gasteiger partial charge in [0.25, 0.3) is 0 Å². The van der Waals surface area contributed by atoms with Crippen LogP contribution in [0.15, 0.2) is 54.6 Å². The van der Waals surface area contributed by atoms with E-state index in [-0.39, 0.29) is 0 Å². The number of aryl methyl sites for hydroxylation is 1. The maximum absolute atomic E-state index is 12.7. The number of ether oxygens (including phenoxy) is 2. The summed E-state index contributed by atoms with van der Waals surface area (Å²) >= 11 is 0. The van der Waals surface area contributed by atoms with Gasteiger partial charge in [-0.05, 0) is 24.5 Å². The van der Waals surface area contributed by atoms with E-state index in [0.29, 0.717) is 17.7 Å². The Morgan fingerprint density at radius 1 is 0.923 bits per heavy atom. The van der Waals surface area contributed by atoms with E-state index in [9.17, 15) is 9.59 Å². The molecular formula is C22H26O4. The molecule has 0 aliphatic carbocycles. The van der Waals surface area contributed by atoms with E-state index in [0.717, 1.165) is 31.2 Å². The number of carbonyl (C=O) groups excluding carboxylic acids is 2. The summed E-state index contributed by atoms with van der Waals surface area (Å²) in [6, 6.07) is 16.3. The van der Waals surface area contributed by atoms with Crippen molar-refractivity contribution >= 4 is 11.9 Å². The van der Waals surface area contributed by atoms with Gasteiger partial charge >= 0.3 is 11.9 Å². The molecule has 0 amide bonds. The number of rotatable bonds is 9. The zero-order valence-electron chi connectivity index (χ0n) is 15.4. The average Bonchev–Trinajstić information content (AvgIpc) is 2.67. The molecule has 138 valence electrons. The molecule has 0 saturated carbocycles. The topological polar surface area (TPSA) is 52.6 Å². The van der Waals surface area contributed by atoms with Crippen LogP contribution >= 0.6 is 0 Å². The van der Waals surface area contributed by atoms with Crippen molar-refractivity contribution in [3.8, 4) is 0 Å². The average molecular weight is 354 g/mol. The minimum Gasteiger partial charge on any atom is -0.463 e. The number of unbranched alkanes of at least 4 members (excludes halogenated alkanes) is 1. The van der Waals surface area contributed by atoms with Gasteiger partial charge in [0, 0.05) is 5.56 Å². The molecule has 0 heterocycles.